The van der Waals surface area contributed by atoms with Crippen molar-refractivity contribution in [1.29, 1.82) is 0 Å². The first kappa shape index (κ1) is 21.8. The normalized spacial score (nSPS) is 17.0. The summed E-state index contributed by atoms with van der Waals surface area (Å²) in [5.74, 6) is -0.210. The monoisotopic (exact) mass is 434 g/mol. The van der Waals surface area contributed by atoms with E-state index in [1.54, 1.807) is 16.2 Å². The molecular formula is C22H27ClN2O3S. The van der Waals surface area contributed by atoms with E-state index in [9.17, 15) is 9.59 Å². The molecule has 2 aromatic rings. The summed E-state index contributed by atoms with van der Waals surface area (Å²) >= 11 is 7.81. The van der Waals surface area contributed by atoms with Crippen LogP contribution in [0.15, 0.2) is 35.7 Å². The van der Waals surface area contributed by atoms with Gasteiger partial charge in [-0.2, -0.15) is 0 Å². The van der Waals surface area contributed by atoms with Crippen molar-refractivity contribution in [3.63, 3.8) is 0 Å². The van der Waals surface area contributed by atoms with Crippen molar-refractivity contribution in [3.8, 4) is 0 Å². The highest BCUT2D eigenvalue weighted by Crippen LogP contribution is 2.38. The van der Waals surface area contributed by atoms with Crippen molar-refractivity contribution < 1.29 is 14.3 Å². The zero-order valence-electron chi connectivity index (χ0n) is 17.1. The van der Waals surface area contributed by atoms with Crippen LogP contribution >= 0.6 is 22.9 Å². The summed E-state index contributed by atoms with van der Waals surface area (Å²) in [6.07, 6.45) is 1.61. The van der Waals surface area contributed by atoms with Gasteiger partial charge in [0.2, 0.25) is 11.8 Å². The van der Waals surface area contributed by atoms with Crippen LogP contribution in [0.4, 0.5) is 0 Å². The van der Waals surface area contributed by atoms with E-state index in [0.29, 0.717) is 11.6 Å². The smallest absolute Gasteiger partial charge is 0.249 e. The third-order valence-electron chi connectivity index (χ3n) is 5.49. The van der Waals surface area contributed by atoms with E-state index in [1.807, 2.05) is 43.0 Å². The van der Waals surface area contributed by atoms with Crippen LogP contribution in [-0.2, 0) is 20.7 Å². The summed E-state index contributed by atoms with van der Waals surface area (Å²) in [7, 11) is 1.49. The van der Waals surface area contributed by atoms with Gasteiger partial charge in [-0.15, -0.1) is 11.3 Å². The molecule has 2 heterocycles. The average molecular weight is 435 g/mol. The van der Waals surface area contributed by atoms with Crippen LogP contribution in [-0.4, -0.2) is 54.5 Å². The lowest BCUT2D eigenvalue weighted by Crippen LogP contribution is -2.49. The number of nitrogens with zero attached hydrogens (tertiary/aromatic N) is 2. The number of ether oxygens (including phenoxy) is 1. The summed E-state index contributed by atoms with van der Waals surface area (Å²) in [6, 6.07) is 9.57. The highest BCUT2D eigenvalue weighted by Gasteiger charge is 2.34. The van der Waals surface area contributed by atoms with Gasteiger partial charge in [-0.05, 0) is 54.5 Å². The van der Waals surface area contributed by atoms with Crippen molar-refractivity contribution in [2.24, 2.45) is 0 Å². The van der Waals surface area contributed by atoms with E-state index >= 15 is 0 Å². The number of amides is 2. The predicted molar refractivity (Wildman–Crippen MR) is 116 cm³/mol. The van der Waals surface area contributed by atoms with Gasteiger partial charge in [0, 0.05) is 29.6 Å². The second-order valence-electron chi connectivity index (χ2n) is 7.30. The third kappa shape index (κ3) is 4.82. The van der Waals surface area contributed by atoms with E-state index in [1.165, 1.54) is 12.0 Å². The van der Waals surface area contributed by atoms with Crippen LogP contribution in [0, 0.1) is 0 Å². The fourth-order valence-electron chi connectivity index (χ4n) is 3.74. The van der Waals surface area contributed by atoms with E-state index in [4.69, 9.17) is 16.3 Å². The second-order valence-corrected chi connectivity index (χ2v) is 8.74. The summed E-state index contributed by atoms with van der Waals surface area (Å²) in [4.78, 5) is 30.8. The number of hydrogen-bond donors (Lipinski definition) is 0. The van der Waals surface area contributed by atoms with Gasteiger partial charge in [-0.3, -0.25) is 9.59 Å². The van der Waals surface area contributed by atoms with E-state index < -0.39 is 0 Å². The molecule has 5 nitrogen and oxygen atoms in total. The quantitative estimate of drug-likeness (QED) is 0.657. The molecule has 7 heteroatoms. The standard InChI is InChI=1S/C22H27ClN2O3S/c1-4-15(2)25(21(27)14-28-3)13-20(26)24-11-9-19-18(10-12-29-19)22(24)16-5-7-17(23)8-6-16/h5-8,10,12,15,22H,4,9,11,13-14H2,1-3H3. The molecule has 0 spiro atoms. The number of hydrogen-bond acceptors (Lipinski definition) is 4. The molecule has 0 radical (unpaired) electrons. The lowest BCUT2D eigenvalue weighted by Gasteiger charge is -2.38. The van der Waals surface area contributed by atoms with Gasteiger partial charge in [0.15, 0.2) is 0 Å². The maximum absolute atomic E-state index is 13.4. The van der Waals surface area contributed by atoms with Crippen molar-refractivity contribution in [2.45, 2.75) is 38.8 Å². The van der Waals surface area contributed by atoms with Gasteiger partial charge in [-0.1, -0.05) is 30.7 Å². The molecule has 1 aromatic heterocycles. The largest absolute Gasteiger partial charge is 0.375 e. The number of thiophene rings is 1. The van der Waals surface area contributed by atoms with Crippen LogP contribution in [0.3, 0.4) is 0 Å². The van der Waals surface area contributed by atoms with Crippen LogP contribution in [0.2, 0.25) is 5.02 Å². The van der Waals surface area contributed by atoms with Crippen molar-refractivity contribution >= 4 is 34.8 Å². The Morgan fingerprint density at radius 1 is 1.31 bits per heavy atom. The number of benzene rings is 1. The first-order valence-corrected chi connectivity index (χ1v) is 11.1. The van der Waals surface area contributed by atoms with Crippen LogP contribution < -0.4 is 0 Å². The summed E-state index contributed by atoms with van der Waals surface area (Å²) in [5, 5.41) is 2.75. The number of rotatable bonds is 7. The molecule has 0 saturated heterocycles. The van der Waals surface area contributed by atoms with Gasteiger partial charge >= 0.3 is 0 Å². The van der Waals surface area contributed by atoms with Crippen molar-refractivity contribution in [1.82, 2.24) is 9.80 Å². The molecule has 2 atom stereocenters. The zero-order chi connectivity index (χ0) is 21.0. The van der Waals surface area contributed by atoms with Gasteiger partial charge in [0.05, 0.1) is 6.04 Å². The van der Waals surface area contributed by atoms with Crippen molar-refractivity contribution in [2.75, 3.05) is 26.8 Å². The lowest BCUT2D eigenvalue weighted by molar-refractivity contribution is -0.145. The molecule has 0 bridgehead atoms. The average Bonchev–Trinajstić information content (AvgIpc) is 3.20. The Labute approximate surface area is 181 Å². The molecule has 2 amide bonds. The Balaban J connectivity index is 1.89. The minimum absolute atomic E-state index is 0.0209. The van der Waals surface area contributed by atoms with E-state index in [0.717, 1.165) is 24.0 Å². The minimum Gasteiger partial charge on any atom is -0.375 e. The molecule has 0 fully saturated rings. The number of methoxy groups -OCH3 is 1. The van der Waals surface area contributed by atoms with E-state index in [-0.39, 0.29) is 37.0 Å². The summed E-state index contributed by atoms with van der Waals surface area (Å²) in [6.45, 7) is 4.64. The Bertz CT molecular complexity index is 852. The highest BCUT2D eigenvalue weighted by molar-refractivity contribution is 7.10. The number of carbonyl (C=O) groups excluding carboxylic acids is 2. The SMILES string of the molecule is CCC(C)N(CC(=O)N1CCc2sccc2C1c1ccc(Cl)cc1)C(=O)COC. The summed E-state index contributed by atoms with van der Waals surface area (Å²) in [5.41, 5.74) is 2.19. The predicted octanol–water partition coefficient (Wildman–Crippen LogP) is 4.15. The maximum atomic E-state index is 13.4. The first-order chi connectivity index (χ1) is 14.0. The molecule has 1 aliphatic rings. The van der Waals surface area contributed by atoms with Gasteiger partial charge in [0.25, 0.3) is 0 Å². The first-order valence-electron chi connectivity index (χ1n) is 9.85. The van der Waals surface area contributed by atoms with Gasteiger partial charge in [0.1, 0.15) is 13.2 Å². The number of carbonyl (C=O) groups is 2. The fourth-order valence-corrected chi connectivity index (χ4v) is 4.77. The Morgan fingerprint density at radius 2 is 2.03 bits per heavy atom. The molecule has 1 aromatic carbocycles. The Kier molecular flexibility index (Phi) is 7.33. The molecule has 0 saturated carbocycles. The molecule has 0 aliphatic carbocycles. The Morgan fingerprint density at radius 3 is 2.69 bits per heavy atom. The summed E-state index contributed by atoms with van der Waals surface area (Å²) < 4.78 is 5.02. The van der Waals surface area contributed by atoms with E-state index in [2.05, 4.69) is 11.4 Å². The molecular weight excluding hydrogens is 408 g/mol. The molecule has 0 N–H and O–H groups in total. The minimum atomic E-state index is -0.161. The molecule has 29 heavy (non-hydrogen) atoms. The van der Waals surface area contributed by atoms with Gasteiger partial charge in [-0.25, -0.2) is 0 Å². The molecule has 156 valence electrons. The zero-order valence-corrected chi connectivity index (χ0v) is 18.6. The second kappa shape index (κ2) is 9.74. The van der Waals surface area contributed by atoms with Crippen molar-refractivity contribution in [3.05, 3.63) is 56.7 Å². The maximum Gasteiger partial charge on any atom is 0.249 e. The topological polar surface area (TPSA) is 49.9 Å². The third-order valence-corrected chi connectivity index (χ3v) is 6.74. The Hall–Kier alpha value is -1.89. The molecule has 2 unspecified atom stereocenters. The number of fused-ring (bicyclic) bond motifs is 1. The van der Waals surface area contributed by atoms with Gasteiger partial charge < -0.3 is 14.5 Å². The molecule has 1 aliphatic heterocycles. The molecule has 3 rings (SSSR count). The van der Waals surface area contributed by atoms with Crippen LogP contribution in [0.5, 0.6) is 0 Å². The lowest BCUT2D eigenvalue weighted by atomic mass is 9.93. The fraction of sp³-hybridized carbons (Fsp3) is 0.455. The number of halogens is 1. The van der Waals surface area contributed by atoms with Crippen LogP contribution in [0.1, 0.15) is 42.3 Å². The van der Waals surface area contributed by atoms with Crippen LogP contribution in [0.25, 0.3) is 0 Å². The highest BCUT2D eigenvalue weighted by atomic mass is 35.5.